The summed E-state index contributed by atoms with van der Waals surface area (Å²) in [6, 6.07) is 5.00. The van der Waals surface area contributed by atoms with Crippen LogP contribution in [-0.2, 0) is 6.18 Å². The van der Waals surface area contributed by atoms with Gasteiger partial charge in [-0.2, -0.15) is 13.2 Å². The lowest BCUT2D eigenvalue weighted by Crippen LogP contribution is -2.14. The summed E-state index contributed by atoms with van der Waals surface area (Å²) in [6.07, 6.45) is -3.22. The first-order valence-corrected chi connectivity index (χ1v) is 4.70. The summed E-state index contributed by atoms with van der Waals surface area (Å²) in [5.41, 5.74) is 4.59. The van der Waals surface area contributed by atoms with Gasteiger partial charge in [0.25, 0.3) is 0 Å². The molecular formula is C11H8F3N3. The lowest BCUT2D eigenvalue weighted by atomic mass is 10.0. The summed E-state index contributed by atoms with van der Waals surface area (Å²) < 4.78 is 38.2. The van der Waals surface area contributed by atoms with Crippen LogP contribution in [0.1, 0.15) is 11.3 Å². The molecule has 3 N–H and O–H groups in total. The van der Waals surface area contributed by atoms with E-state index in [-0.39, 0.29) is 22.3 Å². The van der Waals surface area contributed by atoms with Crippen LogP contribution < -0.4 is 5.73 Å². The number of amidine groups is 1. The van der Waals surface area contributed by atoms with Gasteiger partial charge in [0, 0.05) is 11.6 Å². The number of aromatic nitrogens is 1. The minimum absolute atomic E-state index is 0.000185. The minimum Gasteiger partial charge on any atom is -0.382 e. The molecule has 0 bridgehead atoms. The maximum Gasteiger partial charge on any atom is 0.417 e. The number of fused-ring (bicyclic) bond motifs is 1. The molecule has 0 fully saturated rings. The highest BCUT2D eigenvalue weighted by Gasteiger charge is 2.32. The van der Waals surface area contributed by atoms with Gasteiger partial charge in [-0.05, 0) is 17.5 Å². The zero-order valence-corrected chi connectivity index (χ0v) is 8.55. The predicted molar refractivity (Wildman–Crippen MR) is 57.8 cm³/mol. The van der Waals surface area contributed by atoms with Crippen molar-refractivity contribution in [3.05, 3.63) is 41.7 Å². The molecule has 0 atom stereocenters. The van der Waals surface area contributed by atoms with Crippen LogP contribution in [0.3, 0.4) is 0 Å². The Kier molecular flexibility index (Phi) is 2.49. The molecule has 17 heavy (non-hydrogen) atoms. The van der Waals surface area contributed by atoms with Gasteiger partial charge < -0.3 is 5.73 Å². The van der Waals surface area contributed by atoms with Gasteiger partial charge in [-0.3, -0.25) is 10.4 Å². The highest BCUT2D eigenvalue weighted by atomic mass is 19.4. The molecular weight excluding hydrogens is 231 g/mol. The van der Waals surface area contributed by atoms with Gasteiger partial charge in [0.1, 0.15) is 11.5 Å². The normalized spacial score (nSPS) is 11.7. The Labute approximate surface area is 94.6 Å². The van der Waals surface area contributed by atoms with Gasteiger partial charge >= 0.3 is 6.18 Å². The summed E-state index contributed by atoms with van der Waals surface area (Å²) in [7, 11) is 0. The molecule has 0 saturated heterocycles. The molecule has 6 heteroatoms. The third-order valence-electron chi connectivity index (χ3n) is 2.37. The monoisotopic (exact) mass is 239 g/mol. The van der Waals surface area contributed by atoms with Crippen LogP contribution in [0.25, 0.3) is 10.8 Å². The lowest BCUT2D eigenvalue weighted by Gasteiger charge is -2.11. The van der Waals surface area contributed by atoms with E-state index in [1.807, 2.05) is 0 Å². The molecule has 0 saturated carbocycles. The molecule has 2 rings (SSSR count). The first kappa shape index (κ1) is 11.4. The maximum absolute atomic E-state index is 12.7. The van der Waals surface area contributed by atoms with Gasteiger partial charge in [-0.1, -0.05) is 12.1 Å². The molecule has 3 nitrogen and oxygen atoms in total. The molecule has 1 aromatic carbocycles. The first-order chi connectivity index (χ1) is 7.91. The number of benzene rings is 1. The Hall–Kier alpha value is -2.11. The third kappa shape index (κ3) is 1.93. The van der Waals surface area contributed by atoms with Crippen molar-refractivity contribution in [3.63, 3.8) is 0 Å². The number of nitrogen functional groups attached to an aromatic ring is 1. The number of nitrogens with one attached hydrogen (secondary N) is 1. The van der Waals surface area contributed by atoms with E-state index >= 15 is 0 Å². The van der Waals surface area contributed by atoms with Crippen LogP contribution in [0.5, 0.6) is 0 Å². The Morgan fingerprint density at radius 1 is 1.18 bits per heavy atom. The molecule has 0 amide bonds. The molecule has 0 aliphatic carbocycles. The summed E-state index contributed by atoms with van der Waals surface area (Å²) in [4.78, 5) is 3.81. The molecule has 0 aliphatic heterocycles. The van der Waals surface area contributed by atoms with E-state index < -0.39 is 11.7 Å². The molecule has 0 spiro atoms. The molecule has 1 aromatic heterocycles. The molecule has 1 heterocycles. The topological polar surface area (TPSA) is 62.8 Å². The predicted octanol–water partition coefficient (Wildman–Crippen LogP) is 2.54. The van der Waals surface area contributed by atoms with E-state index in [0.717, 1.165) is 6.07 Å². The van der Waals surface area contributed by atoms with Crippen molar-refractivity contribution in [1.29, 1.82) is 5.41 Å². The number of hydrogen-bond acceptors (Lipinski definition) is 2. The third-order valence-corrected chi connectivity index (χ3v) is 2.37. The molecule has 0 unspecified atom stereocenters. The van der Waals surface area contributed by atoms with Gasteiger partial charge in [-0.25, -0.2) is 0 Å². The fourth-order valence-electron chi connectivity index (χ4n) is 1.67. The average Bonchev–Trinajstić information content (AvgIpc) is 2.26. The molecule has 0 aliphatic rings. The summed E-state index contributed by atoms with van der Waals surface area (Å²) in [6.45, 7) is 0. The van der Waals surface area contributed by atoms with E-state index in [1.165, 1.54) is 24.4 Å². The fourth-order valence-corrected chi connectivity index (χ4v) is 1.67. The lowest BCUT2D eigenvalue weighted by molar-refractivity contribution is -0.136. The van der Waals surface area contributed by atoms with Gasteiger partial charge in [-0.15, -0.1) is 0 Å². The average molecular weight is 239 g/mol. The zero-order valence-electron chi connectivity index (χ0n) is 8.55. The number of pyridine rings is 1. The van der Waals surface area contributed by atoms with Crippen molar-refractivity contribution < 1.29 is 13.2 Å². The number of nitrogens with zero attached hydrogens (tertiary/aromatic N) is 1. The van der Waals surface area contributed by atoms with Crippen LogP contribution in [0.2, 0.25) is 0 Å². The summed E-state index contributed by atoms with van der Waals surface area (Å²) in [5, 5.41) is 7.51. The first-order valence-electron chi connectivity index (χ1n) is 4.70. The zero-order chi connectivity index (χ0) is 12.6. The summed E-state index contributed by atoms with van der Waals surface area (Å²) in [5.74, 6) is -0.352. The van der Waals surface area contributed by atoms with Crippen LogP contribution >= 0.6 is 0 Å². The smallest absolute Gasteiger partial charge is 0.382 e. The minimum atomic E-state index is -4.44. The second kappa shape index (κ2) is 3.73. The van der Waals surface area contributed by atoms with Crippen LogP contribution in [0, 0.1) is 5.41 Å². The highest BCUT2D eigenvalue weighted by molar-refractivity contribution is 6.06. The highest BCUT2D eigenvalue weighted by Crippen LogP contribution is 2.34. The van der Waals surface area contributed by atoms with E-state index in [2.05, 4.69) is 4.98 Å². The fraction of sp³-hybridized carbons (Fsp3) is 0.0909. The molecule has 0 radical (unpaired) electrons. The van der Waals surface area contributed by atoms with E-state index in [4.69, 9.17) is 11.1 Å². The summed E-state index contributed by atoms with van der Waals surface area (Å²) >= 11 is 0. The Bertz CT molecular complexity index is 590. The SMILES string of the molecule is N=C(N)c1nccc2c(C(F)(F)F)cccc12. The number of rotatable bonds is 1. The van der Waals surface area contributed by atoms with Crippen LogP contribution in [0.15, 0.2) is 30.5 Å². The van der Waals surface area contributed by atoms with E-state index in [0.29, 0.717) is 0 Å². The largest absolute Gasteiger partial charge is 0.417 e. The van der Waals surface area contributed by atoms with Crippen molar-refractivity contribution in [2.45, 2.75) is 6.18 Å². The van der Waals surface area contributed by atoms with Gasteiger partial charge in [0.2, 0.25) is 0 Å². The Balaban J connectivity index is 2.84. The molecule has 2 aromatic rings. The maximum atomic E-state index is 12.7. The van der Waals surface area contributed by atoms with Crippen LogP contribution in [-0.4, -0.2) is 10.8 Å². The van der Waals surface area contributed by atoms with Crippen molar-refractivity contribution in [2.24, 2.45) is 5.73 Å². The standard InChI is InChI=1S/C11H8F3N3/c12-11(13,14)8-3-1-2-7-6(8)4-5-17-9(7)10(15)16/h1-5H,(H3,15,16). The second-order valence-electron chi connectivity index (χ2n) is 3.47. The molecule has 88 valence electrons. The van der Waals surface area contributed by atoms with Crippen molar-refractivity contribution >= 4 is 16.6 Å². The van der Waals surface area contributed by atoms with Crippen molar-refractivity contribution in [3.8, 4) is 0 Å². The number of alkyl halides is 3. The van der Waals surface area contributed by atoms with Crippen molar-refractivity contribution in [1.82, 2.24) is 4.98 Å². The quantitative estimate of drug-likeness (QED) is 0.593. The Morgan fingerprint density at radius 3 is 2.47 bits per heavy atom. The van der Waals surface area contributed by atoms with Gasteiger partial charge in [0.15, 0.2) is 0 Å². The van der Waals surface area contributed by atoms with E-state index in [9.17, 15) is 13.2 Å². The van der Waals surface area contributed by atoms with Gasteiger partial charge in [0.05, 0.1) is 5.56 Å². The van der Waals surface area contributed by atoms with E-state index in [1.54, 1.807) is 0 Å². The number of hydrogen-bond donors (Lipinski definition) is 2. The number of nitrogens with two attached hydrogens (primary N) is 1. The van der Waals surface area contributed by atoms with Crippen LogP contribution in [0.4, 0.5) is 13.2 Å². The van der Waals surface area contributed by atoms with Crippen molar-refractivity contribution in [2.75, 3.05) is 0 Å². The Morgan fingerprint density at radius 2 is 1.88 bits per heavy atom. The number of halogens is 3. The second-order valence-corrected chi connectivity index (χ2v) is 3.47.